The predicted molar refractivity (Wildman–Crippen MR) is 61.6 cm³/mol. The second-order valence-corrected chi connectivity index (χ2v) is 5.91. The van der Waals surface area contributed by atoms with Crippen molar-refractivity contribution in [1.29, 1.82) is 0 Å². The number of nitrogens with one attached hydrogen (secondary N) is 2. The molecule has 0 spiro atoms. The first-order chi connectivity index (χ1) is 7.58. The molecule has 1 saturated carbocycles. The van der Waals surface area contributed by atoms with Crippen molar-refractivity contribution in [3.63, 3.8) is 0 Å². The fourth-order valence-corrected chi connectivity index (χ4v) is 2.55. The topological polar surface area (TPSA) is 63.1 Å². The largest absolute Gasteiger partial charge is 0.356 e. The molecule has 1 heterocycles. The van der Waals surface area contributed by atoms with E-state index in [4.69, 9.17) is 0 Å². The average Bonchev–Trinajstić information content (AvgIpc) is 2.94. The first kappa shape index (κ1) is 11.6. The fourth-order valence-electron chi connectivity index (χ4n) is 1.47. The summed E-state index contributed by atoms with van der Waals surface area (Å²) in [6, 6.07) is 2.21. The highest BCUT2D eigenvalue weighted by atomic mass is 32.2. The van der Waals surface area contributed by atoms with E-state index in [1.54, 1.807) is 30.1 Å². The van der Waals surface area contributed by atoms with Crippen LogP contribution in [0.25, 0.3) is 0 Å². The highest BCUT2D eigenvalue weighted by molar-refractivity contribution is 7.89. The molecule has 1 aliphatic carbocycles. The molecule has 0 bridgehead atoms. The average molecular weight is 243 g/mol. The van der Waals surface area contributed by atoms with Crippen molar-refractivity contribution >= 4 is 10.0 Å². The van der Waals surface area contributed by atoms with Crippen LogP contribution < -0.4 is 10.0 Å². The molecule has 0 radical (unpaired) electrons. The highest BCUT2D eigenvalue weighted by Gasteiger charge is 2.20. The van der Waals surface area contributed by atoms with Gasteiger partial charge in [-0.2, -0.15) is 0 Å². The van der Waals surface area contributed by atoms with Gasteiger partial charge in [0, 0.05) is 38.6 Å². The molecule has 0 aliphatic heterocycles. The van der Waals surface area contributed by atoms with Crippen LogP contribution in [0.4, 0.5) is 0 Å². The van der Waals surface area contributed by atoms with Crippen LogP contribution in [0.15, 0.2) is 23.4 Å². The number of nitrogens with zero attached hydrogens (tertiary/aromatic N) is 1. The predicted octanol–water partition coefficient (Wildman–Crippen LogP) is 0.0554. The van der Waals surface area contributed by atoms with Crippen LogP contribution in [0.3, 0.4) is 0 Å². The van der Waals surface area contributed by atoms with E-state index in [1.807, 2.05) is 0 Å². The highest BCUT2D eigenvalue weighted by Crippen LogP contribution is 2.17. The Balaban J connectivity index is 1.82. The van der Waals surface area contributed by atoms with E-state index < -0.39 is 10.0 Å². The Bertz CT molecular complexity index is 448. The second kappa shape index (κ2) is 4.57. The van der Waals surface area contributed by atoms with Crippen LogP contribution in [0.2, 0.25) is 0 Å². The Morgan fingerprint density at radius 2 is 2.19 bits per heavy atom. The lowest BCUT2D eigenvalue weighted by Crippen LogP contribution is -2.32. The van der Waals surface area contributed by atoms with Gasteiger partial charge in [-0.25, -0.2) is 13.1 Å². The lowest BCUT2D eigenvalue weighted by molar-refractivity contribution is 0.575. The molecule has 90 valence electrons. The summed E-state index contributed by atoms with van der Waals surface area (Å²) >= 11 is 0. The molecule has 0 amide bonds. The SMILES string of the molecule is Cn1ccc(S(=O)(=O)NCCNC2CC2)c1. The van der Waals surface area contributed by atoms with Gasteiger partial charge in [-0.3, -0.25) is 0 Å². The van der Waals surface area contributed by atoms with E-state index in [9.17, 15) is 8.42 Å². The third-order valence-electron chi connectivity index (χ3n) is 2.54. The van der Waals surface area contributed by atoms with Crippen LogP contribution >= 0.6 is 0 Å². The van der Waals surface area contributed by atoms with Crippen LogP contribution in [0, 0.1) is 0 Å². The summed E-state index contributed by atoms with van der Waals surface area (Å²) in [5.41, 5.74) is 0. The first-order valence-corrected chi connectivity index (χ1v) is 6.91. The lowest BCUT2D eigenvalue weighted by Gasteiger charge is -2.05. The summed E-state index contributed by atoms with van der Waals surface area (Å²) in [5.74, 6) is 0. The number of hydrogen-bond donors (Lipinski definition) is 2. The van der Waals surface area contributed by atoms with E-state index >= 15 is 0 Å². The molecule has 0 saturated heterocycles. The lowest BCUT2D eigenvalue weighted by atomic mass is 10.6. The molecular weight excluding hydrogens is 226 g/mol. The minimum atomic E-state index is -3.33. The summed E-state index contributed by atoms with van der Waals surface area (Å²) in [5, 5.41) is 3.25. The van der Waals surface area contributed by atoms with Crippen molar-refractivity contribution in [2.24, 2.45) is 7.05 Å². The van der Waals surface area contributed by atoms with Gasteiger partial charge >= 0.3 is 0 Å². The maximum Gasteiger partial charge on any atom is 0.242 e. The van der Waals surface area contributed by atoms with Crippen LogP contribution in [-0.2, 0) is 17.1 Å². The number of aryl methyl sites for hydroxylation is 1. The van der Waals surface area contributed by atoms with Gasteiger partial charge in [-0.15, -0.1) is 0 Å². The molecular formula is C10H17N3O2S. The van der Waals surface area contributed by atoms with E-state index in [2.05, 4.69) is 10.0 Å². The zero-order chi connectivity index (χ0) is 11.6. The van der Waals surface area contributed by atoms with Gasteiger partial charge in [0.15, 0.2) is 0 Å². The van der Waals surface area contributed by atoms with Crippen LogP contribution in [0.1, 0.15) is 12.8 Å². The third-order valence-corrected chi connectivity index (χ3v) is 3.99. The molecule has 6 heteroatoms. The summed E-state index contributed by atoms with van der Waals surface area (Å²) in [7, 11) is -1.53. The van der Waals surface area contributed by atoms with Crippen LogP contribution in [-0.4, -0.2) is 32.1 Å². The standard InChI is InChI=1S/C10H17N3O2S/c1-13-7-4-10(8-13)16(14,15)12-6-5-11-9-2-3-9/h4,7-9,11-12H,2-3,5-6H2,1H3. The first-order valence-electron chi connectivity index (χ1n) is 5.43. The van der Waals surface area contributed by atoms with Crippen molar-refractivity contribution in [2.75, 3.05) is 13.1 Å². The van der Waals surface area contributed by atoms with Gasteiger partial charge in [0.1, 0.15) is 0 Å². The molecule has 2 N–H and O–H groups in total. The number of sulfonamides is 1. The summed E-state index contributed by atoms with van der Waals surface area (Å²) in [4.78, 5) is 0.321. The molecule has 1 aliphatic rings. The number of rotatable bonds is 6. The molecule has 1 aromatic heterocycles. The van der Waals surface area contributed by atoms with Crippen molar-refractivity contribution in [1.82, 2.24) is 14.6 Å². The second-order valence-electron chi connectivity index (χ2n) is 4.14. The Morgan fingerprint density at radius 1 is 1.44 bits per heavy atom. The summed E-state index contributed by atoms with van der Waals surface area (Å²) in [6.45, 7) is 1.13. The van der Waals surface area contributed by atoms with E-state index in [-0.39, 0.29) is 0 Å². The maximum absolute atomic E-state index is 11.8. The normalized spacial score (nSPS) is 16.6. The van der Waals surface area contributed by atoms with Crippen molar-refractivity contribution < 1.29 is 8.42 Å². The minimum Gasteiger partial charge on any atom is -0.356 e. The maximum atomic E-state index is 11.8. The number of hydrogen-bond acceptors (Lipinski definition) is 3. The Morgan fingerprint density at radius 3 is 2.75 bits per heavy atom. The van der Waals surface area contributed by atoms with E-state index in [0.29, 0.717) is 24.0 Å². The molecule has 2 rings (SSSR count). The zero-order valence-corrected chi connectivity index (χ0v) is 10.1. The molecule has 0 atom stereocenters. The molecule has 5 nitrogen and oxygen atoms in total. The van der Waals surface area contributed by atoms with E-state index in [1.165, 1.54) is 12.8 Å². The zero-order valence-electron chi connectivity index (χ0n) is 9.31. The summed E-state index contributed by atoms with van der Waals surface area (Å²) in [6.07, 6.45) is 5.74. The molecule has 1 fully saturated rings. The van der Waals surface area contributed by atoms with Crippen molar-refractivity contribution in [3.8, 4) is 0 Å². The van der Waals surface area contributed by atoms with E-state index in [0.717, 1.165) is 0 Å². The molecule has 0 aromatic carbocycles. The molecule has 1 aromatic rings. The molecule has 0 unspecified atom stereocenters. The molecule has 16 heavy (non-hydrogen) atoms. The van der Waals surface area contributed by atoms with Gasteiger partial charge in [0.2, 0.25) is 10.0 Å². The monoisotopic (exact) mass is 243 g/mol. The van der Waals surface area contributed by atoms with Crippen LogP contribution in [0.5, 0.6) is 0 Å². The van der Waals surface area contributed by atoms with Gasteiger partial charge in [-0.1, -0.05) is 0 Å². The fraction of sp³-hybridized carbons (Fsp3) is 0.600. The van der Waals surface area contributed by atoms with Gasteiger partial charge in [0.25, 0.3) is 0 Å². The Labute approximate surface area is 95.9 Å². The van der Waals surface area contributed by atoms with Crippen molar-refractivity contribution in [2.45, 2.75) is 23.8 Å². The minimum absolute atomic E-state index is 0.321. The van der Waals surface area contributed by atoms with Gasteiger partial charge in [0.05, 0.1) is 4.90 Å². The third kappa shape index (κ3) is 3.07. The van der Waals surface area contributed by atoms with Gasteiger partial charge in [-0.05, 0) is 18.9 Å². The van der Waals surface area contributed by atoms with Crippen molar-refractivity contribution in [3.05, 3.63) is 18.5 Å². The smallest absolute Gasteiger partial charge is 0.242 e. The number of aromatic nitrogens is 1. The summed E-state index contributed by atoms with van der Waals surface area (Å²) < 4.78 is 27.8. The quantitative estimate of drug-likeness (QED) is 0.694. The Hall–Kier alpha value is -0.850. The van der Waals surface area contributed by atoms with Gasteiger partial charge < -0.3 is 9.88 Å². The Kier molecular flexibility index (Phi) is 3.32.